The predicted octanol–water partition coefficient (Wildman–Crippen LogP) is 3.73. The SMILES string of the molecule is CCCCCCC[C@@H](O)CCCCl. The summed E-state index contributed by atoms with van der Waals surface area (Å²) in [5, 5.41) is 9.48. The second kappa shape index (κ2) is 10.3. The molecular formula is C11H23ClO. The van der Waals surface area contributed by atoms with Gasteiger partial charge in [-0.2, -0.15) is 0 Å². The third-order valence-corrected chi connectivity index (χ3v) is 2.58. The lowest BCUT2D eigenvalue weighted by atomic mass is 10.1. The fourth-order valence-electron chi connectivity index (χ4n) is 1.44. The zero-order chi connectivity index (χ0) is 9.94. The highest BCUT2D eigenvalue weighted by atomic mass is 35.5. The topological polar surface area (TPSA) is 20.2 Å². The van der Waals surface area contributed by atoms with Crippen LogP contribution in [-0.2, 0) is 0 Å². The van der Waals surface area contributed by atoms with Crippen LogP contribution in [0.2, 0.25) is 0 Å². The average Bonchev–Trinajstić information content (AvgIpc) is 2.14. The van der Waals surface area contributed by atoms with Crippen LogP contribution in [0.1, 0.15) is 58.3 Å². The Morgan fingerprint density at radius 3 is 2.23 bits per heavy atom. The van der Waals surface area contributed by atoms with Crippen LogP contribution in [0.15, 0.2) is 0 Å². The molecule has 0 unspecified atom stereocenters. The van der Waals surface area contributed by atoms with E-state index in [1.54, 1.807) is 0 Å². The van der Waals surface area contributed by atoms with Gasteiger partial charge in [0.25, 0.3) is 0 Å². The van der Waals surface area contributed by atoms with E-state index in [0.717, 1.165) is 19.3 Å². The van der Waals surface area contributed by atoms with Crippen molar-refractivity contribution in [3.05, 3.63) is 0 Å². The van der Waals surface area contributed by atoms with E-state index in [0.29, 0.717) is 5.88 Å². The quantitative estimate of drug-likeness (QED) is 0.450. The van der Waals surface area contributed by atoms with Gasteiger partial charge >= 0.3 is 0 Å². The number of halogens is 1. The molecule has 0 radical (unpaired) electrons. The van der Waals surface area contributed by atoms with Gasteiger partial charge in [0.1, 0.15) is 0 Å². The Kier molecular flexibility index (Phi) is 10.5. The molecule has 0 spiro atoms. The number of aliphatic hydroxyl groups excluding tert-OH is 1. The number of unbranched alkanes of at least 4 members (excludes halogenated alkanes) is 4. The maximum absolute atomic E-state index is 9.48. The van der Waals surface area contributed by atoms with Crippen molar-refractivity contribution in [2.75, 3.05) is 5.88 Å². The first-order valence-corrected chi connectivity index (χ1v) is 6.08. The third kappa shape index (κ3) is 10.2. The Hall–Kier alpha value is 0.250. The Morgan fingerprint density at radius 1 is 1.00 bits per heavy atom. The molecule has 0 amide bonds. The van der Waals surface area contributed by atoms with Crippen LogP contribution in [0, 0.1) is 0 Å². The normalized spacial score (nSPS) is 13.2. The first-order valence-electron chi connectivity index (χ1n) is 5.55. The zero-order valence-corrected chi connectivity index (χ0v) is 9.52. The molecule has 0 aromatic carbocycles. The molecule has 0 saturated heterocycles. The molecule has 0 aliphatic rings. The molecule has 13 heavy (non-hydrogen) atoms. The van der Waals surface area contributed by atoms with Gasteiger partial charge in [-0.3, -0.25) is 0 Å². The Bertz CT molecular complexity index is 96.1. The predicted molar refractivity (Wildman–Crippen MR) is 59.3 cm³/mol. The number of hydrogen-bond acceptors (Lipinski definition) is 1. The van der Waals surface area contributed by atoms with Crippen molar-refractivity contribution in [3.63, 3.8) is 0 Å². The molecule has 80 valence electrons. The summed E-state index contributed by atoms with van der Waals surface area (Å²) in [6, 6.07) is 0. The summed E-state index contributed by atoms with van der Waals surface area (Å²) < 4.78 is 0. The van der Waals surface area contributed by atoms with Crippen molar-refractivity contribution in [2.45, 2.75) is 64.4 Å². The van der Waals surface area contributed by atoms with Gasteiger partial charge in [0, 0.05) is 5.88 Å². The van der Waals surface area contributed by atoms with E-state index in [9.17, 15) is 5.11 Å². The van der Waals surface area contributed by atoms with E-state index in [1.807, 2.05) is 0 Å². The lowest BCUT2D eigenvalue weighted by Gasteiger charge is -2.08. The maximum Gasteiger partial charge on any atom is 0.0540 e. The molecule has 0 aromatic heterocycles. The molecule has 0 rings (SSSR count). The summed E-state index contributed by atoms with van der Waals surface area (Å²) in [4.78, 5) is 0. The Labute approximate surface area is 87.5 Å². The average molecular weight is 207 g/mol. The molecule has 0 bridgehead atoms. The molecule has 0 aliphatic heterocycles. The second-order valence-corrected chi connectivity index (χ2v) is 4.07. The maximum atomic E-state index is 9.48. The fraction of sp³-hybridized carbons (Fsp3) is 1.00. The number of alkyl halides is 1. The monoisotopic (exact) mass is 206 g/mol. The first kappa shape index (κ1) is 13.2. The van der Waals surface area contributed by atoms with E-state index in [1.165, 1.54) is 32.1 Å². The standard InChI is InChI=1S/C11H23ClO/c1-2-3-4-5-6-8-11(13)9-7-10-12/h11,13H,2-10H2,1H3/t11-/m1/s1. The molecule has 1 nitrogen and oxygen atoms in total. The van der Waals surface area contributed by atoms with Crippen molar-refractivity contribution < 1.29 is 5.11 Å². The summed E-state index contributed by atoms with van der Waals surface area (Å²) in [5.41, 5.74) is 0. The van der Waals surface area contributed by atoms with Crippen LogP contribution in [0.3, 0.4) is 0 Å². The second-order valence-electron chi connectivity index (χ2n) is 3.69. The zero-order valence-electron chi connectivity index (χ0n) is 8.77. The minimum Gasteiger partial charge on any atom is -0.393 e. The lowest BCUT2D eigenvalue weighted by Crippen LogP contribution is -2.06. The van der Waals surface area contributed by atoms with E-state index < -0.39 is 0 Å². The van der Waals surface area contributed by atoms with E-state index in [4.69, 9.17) is 11.6 Å². The highest BCUT2D eigenvalue weighted by molar-refractivity contribution is 6.17. The van der Waals surface area contributed by atoms with Crippen LogP contribution in [0.4, 0.5) is 0 Å². The number of rotatable bonds is 9. The lowest BCUT2D eigenvalue weighted by molar-refractivity contribution is 0.150. The van der Waals surface area contributed by atoms with Crippen LogP contribution >= 0.6 is 11.6 Å². The minimum absolute atomic E-state index is 0.111. The number of aliphatic hydroxyl groups is 1. The van der Waals surface area contributed by atoms with Gasteiger partial charge in [-0.25, -0.2) is 0 Å². The van der Waals surface area contributed by atoms with Crippen molar-refractivity contribution >= 4 is 11.6 Å². The molecule has 0 saturated carbocycles. The van der Waals surface area contributed by atoms with Gasteiger partial charge in [-0.15, -0.1) is 11.6 Å². The summed E-state index contributed by atoms with van der Waals surface area (Å²) in [5.74, 6) is 0.674. The fourth-order valence-corrected chi connectivity index (χ4v) is 1.59. The molecule has 1 atom stereocenters. The van der Waals surface area contributed by atoms with Crippen LogP contribution in [0.25, 0.3) is 0 Å². The summed E-state index contributed by atoms with van der Waals surface area (Å²) in [6.07, 6.45) is 9.04. The first-order chi connectivity index (χ1) is 6.31. The van der Waals surface area contributed by atoms with Gasteiger partial charge in [-0.1, -0.05) is 39.0 Å². The summed E-state index contributed by atoms with van der Waals surface area (Å²) in [7, 11) is 0. The van der Waals surface area contributed by atoms with E-state index >= 15 is 0 Å². The summed E-state index contributed by atoms with van der Waals surface area (Å²) in [6.45, 7) is 2.22. The van der Waals surface area contributed by atoms with Crippen LogP contribution in [0.5, 0.6) is 0 Å². The molecular weight excluding hydrogens is 184 g/mol. The highest BCUT2D eigenvalue weighted by Crippen LogP contribution is 2.10. The van der Waals surface area contributed by atoms with Crippen molar-refractivity contribution in [1.82, 2.24) is 0 Å². The molecule has 0 fully saturated rings. The smallest absolute Gasteiger partial charge is 0.0540 e. The Morgan fingerprint density at radius 2 is 1.62 bits per heavy atom. The van der Waals surface area contributed by atoms with Gasteiger partial charge < -0.3 is 5.11 Å². The number of hydrogen-bond donors (Lipinski definition) is 1. The van der Waals surface area contributed by atoms with Gasteiger partial charge in [0.15, 0.2) is 0 Å². The van der Waals surface area contributed by atoms with E-state index in [2.05, 4.69) is 6.92 Å². The molecule has 0 aromatic rings. The van der Waals surface area contributed by atoms with Gasteiger partial charge in [0.2, 0.25) is 0 Å². The Balaban J connectivity index is 3.03. The third-order valence-electron chi connectivity index (χ3n) is 2.31. The van der Waals surface area contributed by atoms with Crippen molar-refractivity contribution in [2.24, 2.45) is 0 Å². The van der Waals surface area contributed by atoms with Crippen molar-refractivity contribution in [3.8, 4) is 0 Å². The van der Waals surface area contributed by atoms with Gasteiger partial charge in [0.05, 0.1) is 6.10 Å². The highest BCUT2D eigenvalue weighted by Gasteiger charge is 2.02. The molecule has 1 N–H and O–H groups in total. The molecule has 0 heterocycles. The van der Waals surface area contributed by atoms with Crippen molar-refractivity contribution in [1.29, 1.82) is 0 Å². The van der Waals surface area contributed by atoms with Crippen LogP contribution in [-0.4, -0.2) is 17.1 Å². The largest absolute Gasteiger partial charge is 0.393 e. The minimum atomic E-state index is -0.111. The molecule has 0 aliphatic carbocycles. The van der Waals surface area contributed by atoms with Crippen LogP contribution < -0.4 is 0 Å². The van der Waals surface area contributed by atoms with E-state index in [-0.39, 0.29) is 6.10 Å². The summed E-state index contributed by atoms with van der Waals surface area (Å²) >= 11 is 5.54. The molecule has 2 heteroatoms. The van der Waals surface area contributed by atoms with Gasteiger partial charge in [-0.05, 0) is 19.3 Å².